The second kappa shape index (κ2) is 7.53. The topological polar surface area (TPSA) is 75.4 Å². The monoisotopic (exact) mass is 355 g/mol. The third kappa shape index (κ3) is 3.77. The summed E-state index contributed by atoms with van der Waals surface area (Å²) in [6.45, 7) is 2.48. The Labute approximate surface area is 153 Å². The number of rotatable bonds is 7. The number of nitrogens with zero attached hydrogens (tertiary/aromatic N) is 5. The van der Waals surface area contributed by atoms with Gasteiger partial charge < -0.3 is 9.42 Å². The molecule has 1 aliphatic heterocycles. The molecule has 1 atom stereocenters. The van der Waals surface area contributed by atoms with Gasteiger partial charge in [-0.1, -0.05) is 11.2 Å². The summed E-state index contributed by atoms with van der Waals surface area (Å²) in [6.07, 6.45) is 8.72. The Kier molecular flexibility index (Phi) is 4.97. The molecule has 1 amide bonds. The maximum atomic E-state index is 13.2. The molecule has 1 aliphatic carbocycles. The highest BCUT2D eigenvalue weighted by Crippen LogP contribution is 2.38. The van der Waals surface area contributed by atoms with Gasteiger partial charge in [0.15, 0.2) is 5.82 Å². The Morgan fingerprint density at radius 2 is 2.19 bits per heavy atom. The zero-order valence-corrected chi connectivity index (χ0v) is 15.2. The summed E-state index contributed by atoms with van der Waals surface area (Å²) >= 11 is 0. The molecule has 138 valence electrons. The molecule has 1 unspecified atom stereocenters. The van der Waals surface area contributed by atoms with E-state index in [2.05, 4.69) is 20.0 Å². The van der Waals surface area contributed by atoms with Gasteiger partial charge in [0.05, 0.1) is 0 Å². The van der Waals surface area contributed by atoms with Crippen LogP contribution < -0.4 is 0 Å². The molecule has 0 N–H and O–H groups in total. The van der Waals surface area contributed by atoms with E-state index in [-0.39, 0.29) is 11.9 Å². The molecule has 2 fully saturated rings. The van der Waals surface area contributed by atoms with E-state index in [0.29, 0.717) is 24.7 Å². The van der Waals surface area contributed by atoms with Gasteiger partial charge in [0.2, 0.25) is 11.8 Å². The summed E-state index contributed by atoms with van der Waals surface area (Å²) in [5.41, 5.74) is 0.960. The lowest BCUT2D eigenvalue weighted by Gasteiger charge is -2.30. The van der Waals surface area contributed by atoms with Crippen LogP contribution in [0.5, 0.6) is 0 Å². The lowest BCUT2D eigenvalue weighted by atomic mass is 10.1. The van der Waals surface area contributed by atoms with Crippen LogP contribution in [0.25, 0.3) is 0 Å². The maximum Gasteiger partial charge on any atom is 0.244 e. The van der Waals surface area contributed by atoms with Gasteiger partial charge in [-0.3, -0.25) is 14.7 Å². The van der Waals surface area contributed by atoms with Crippen molar-refractivity contribution in [1.82, 2.24) is 24.9 Å². The van der Waals surface area contributed by atoms with Crippen molar-refractivity contribution >= 4 is 5.91 Å². The normalized spacial score (nSPS) is 18.8. The highest BCUT2D eigenvalue weighted by Gasteiger charge is 2.32. The van der Waals surface area contributed by atoms with Crippen molar-refractivity contribution in [2.75, 3.05) is 26.7 Å². The molecule has 7 nitrogen and oxygen atoms in total. The van der Waals surface area contributed by atoms with E-state index in [9.17, 15) is 4.79 Å². The lowest BCUT2D eigenvalue weighted by molar-refractivity contribution is -0.135. The Hall–Kier alpha value is -2.28. The summed E-state index contributed by atoms with van der Waals surface area (Å²) in [5.74, 6) is 2.00. The SMILES string of the molecule is CN(CCc1noc(C2CC2)n1)C(=O)C(c1cccnc1)N1CCCC1. The van der Waals surface area contributed by atoms with Crippen molar-refractivity contribution < 1.29 is 9.32 Å². The second-order valence-electron chi connectivity index (χ2n) is 7.26. The van der Waals surface area contributed by atoms with Crippen molar-refractivity contribution in [1.29, 1.82) is 0 Å². The molecule has 7 heteroatoms. The minimum atomic E-state index is -0.261. The quantitative estimate of drug-likeness (QED) is 0.758. The third-order valence-electron chi connectivity index (χ3n) is 5.20. The first kappa shape index (κ1) is 17.1. The maximum absolute atomic E-state index is 13.2. The highest BCUT2D eigenvalue weighted by molar-refractivity contribution is 5.83. The first-order valence-electron chi connectivity index (χ1n) is 9.44. The van der Waals surface area contributed by atoms with E-state index in [1.165, 1.54) is 0 Å². The van der Waals surface area contributed by atoms with E-state index in [1.54, 1.807) is 17.3 Å². The fourth-order valence-electron chi connectivity index (χ4n) is 3.50. The van der Waals surface area contributed by atoms with E-state index in [0.717, 1.165) is 50.2 Å². The van der Waals surface area contributed by atoms with E-state index < -0.39 is 0 Å². The van der Waals surface area contributed by atoms with Crippen LogP contribution in [0.1, 0.15) is 54.9 Å². The number of pyridine rings is 1. The minimum Gasteiger partial charge on any atom is -0.344 e. The van der Waals surface area contributed by atoms with Gasteiger partial charge in [0, 0.05) is 38.3 Å². The van der Waals surface area contributed by atoms with Crippen LogP contribution in [-0.2, 0) is 11.2 Å². The zero-order valence-electron chi connectivity index (χ0n) is 15.2. The molecule has 1 saturated carbocycles. The Balaban J connectivity index is 1.42. The van der Waals surface area contributed by atoms with Crippen LogP contribution in [0.2, 0.25) is 0 Å². The van der Waals surface area contributed by atoms with Gasteiger partial charge >= 0.3 is 0 Å². The van der Waals surface area contributed by atoms with Crippen molar-refractivity contribution in [2.45, 2.75) is 44.1 Å². The number of likely N-dealkylation sites (tertiary alicyclic amines) is 1. The van der Waals surface area contributed by atoms with Gasteiger partial charge in [0.1, 0.15) is 6.04 Å². The molecular formula is C19H25N5O2. The first-order chi connectivity index (χ1) is 12.7. The molecule has 3 heterocycles. The van der Waals surface area contributed by atoms with Gasteiger partial charge in [-0.05, 0) is 50.4 Å². The molecule has 4 rings (SSSR count). The fourth-order valence-corrected chi connectivity index (χ4v) is 3.50. The van der Waals surface area contributed by atoms with Gasteiger partial charge in [-0.15, -0.1) is 0 Å². The molecule has 0 spiro atoms. The Bertz CT molecular complexity index is 737. The average molecular weight is 355 g/mol. The minimum absolute atomic E-state index is 0.103. The zero-order chi connectivity index (χ0) is 17.9. The third-order valence-corrected chi connectivity index (χ3v) is 5.20. The number of amides is 1. The summed E-state index contributed by atoms with van der Waals surface area (Å²) in [7, 11) is 1.85. The van der Waals surface area contributed by atoms with Crippen LogP contribution in [0.15, 0.2) is 29.0 Å². The number of carbonyl (C=O) groups excluding carboxylic acids is 1. The molecule has 2 aromatic rings. The molecule has 2 aliphatic rings. The summed E-state index contributed by atoms with van der Waals surface area (Å²) in [4.78, 5) is 25.9. The molecule has 0 radical (unpaired) electrons. The van der Waals surface area contributed by atoms with Crippen molar-refractivity contribution in [3.05, 3.63) is 41.8 Å². The first-order valence-corrected chi connectivity index (χ1v) is 9.44. The van der Waals surface area contributed by atoms with E-state index >= 15 is 0 Å². The average Bonchev–Trinajstić information content (AvgIpc) is 3.18. The van der Waals surface area contributed by atoms with Gasteiger partial charge in [-0.25, -0.2) is 0 Å². The lowest BCUT2D eigenvalue weighted by Crippen LogP contribution is -2.41. The van der Waals surface area contributed by atoms with Crippen molar-refractivity contribution in [2.24, 2.45) is 0 Å². The smallest absolute Gasteiger partial charge is 0.244 e. The van der Waals surface area contributed by atoms with Crippen LogP contribution in [0.3, 0.4) is 0 Å². The number of carbonyl (C=O) groups is 1. The van der Waals surface area contributed by atoms with Crippen LogP contribution in [-0.4, -0.2) is 57.5 Å². The van der Waals surface area contributed by atoms with Gasteiger partial charge in [0.25, 0.3) is 0 Å². The van der Waals surface area contributed by atoms with Crippen LogP contribution in [0, 0.1) is 0 Å². The van der Waals surface area contributed by atoms with Crippen molar-refractivity contribution in [3.63, 3.8) is 0 Å². The van der Waals surface area contributed by atoms with E-state index in [1.807, 2.05) is 19.2 Å². The molecular weight excluding hydrogens is 330 g/mol. The Morgan fingerprint density at radius 1 is 1.38 bits per heavy atom. The summed E-state index contributed by atoms with van der Waals surface area (Å²) < 4.78 is 5.30. The number of hydrogen-bond acceptors (Lipinski definition) is 6. The Morgan fingerprint density at radius 3 is 2.88 bits per heavy atom. The number of hydrogen-bond donors (Lipinski definition) is 0. The largest absolute Gasteiger partial charge is 0.344 e. The molecule has 0 bridgehead atoms. The van der Waals surface area contributed by atoms with E-state index in [4.69, 9.17) is 4.52 Å². The van der Waals surface area contributed by atoms with Crippen LogP contribution >= 0.6 is 0 Å². The standard InChI is InChI=1S/C19H25N5O2/c1-23(12-8-16-21-18(26-22-16)14-6-7-14)19(25)17(24-10-2-3-11-24)15-5-4-9-20-13-15/h4-5,9,13-14,17H,2-3,6-8,10-12H2,1H3. The summed E-state index contributed by atoms with van der Waals surface area (Å²) in [6, 6.07) is 3.62. The molecule has 2 aromatic heterocycles. The summed E-state index contributed by atoms with van der Waals surface area (Å²) in [5, 5.41) is 4.04. The van der Waals surface area contributed by atoms with Gasteiger partial charge in [-0.2, -0.15) is 4.98 Å². The van der Waals surface area contributed by atoms with Crippen LogP contribution in [0.4, 0.5) is 0 Å². The predicted octanol–water partition coefficient (Wildman–Crippen LogP) is 2.18. The molecule has 0 aromatic carbocycles. The fraction of sp³-hybridized carbons (Fsp3) is 0.579. The van der Waals surface area contributed by atoms with Crippen molar-refractivity contribution in [3.8, 4) is 0 Å². The number of aromatic nitrogens is 3. The molecule has 26 heavy (non-hydrogen) atoms. The highest BCUT2D eigenvalue weighted by atomic mass is 16.5. The predicted molar refractivity (Wildman–Crippen MR) is 95.4 cm³/mol. The second-order valence-corrected chi connectivity index (χ2v) is 7.26. The number of likely N-dealkylation sites (N-methyl/N-ethyl adjacent to an activating group) is 1. The molecule has 1 saturated heterocycles.